The van der Waals surface area contributed by atoms with Crippen LogP contribution in [0, 0.1) is 18.7 Å². The van der Waals surface area contributed by atoms with E-state index in [1.165, 1.54) is 12.1 Å². The molecule has 0 spiro atoms. The Morgan fingerprint density at radius 3 is 2.59 bits per heavy atom. The van der Waals surface area contributed by atoms with Gasteiger partial charge in [-0.3, -0.25) is 0 Å². The zero-order valence-electron chi connectivity index (χ0n) is 11.1. The first-order valence-electron chi connectivity index (χ1n) is 6.17. The van der Waals surface area contributed by atoms with Crippen LogP contribution < -0.4 is 10.1 Å². The van der Waals surface area contributed by atoms with Gasteiger partial charge in [0.05, 0.1) is 0 Å². The van der Waals surface area contributed by atoms with Crippen LogP contribution in [0.4, 0.5) is 4.39 Å². The predicted octanol–water partition coefficient (Wildman–Crippen LogP) is 3.15. The molecule has 0 saturated carbocycles. The molecular formula is C14H22FNO. The number of likely N-dealkylation sites (N-methyl/N-ethyl adjacent to an activating group) is 1. The molecule has 1 aromatic carbocycles. The van der Waals surface area contributed by atoms with E-state index in [1.807, 2.05) is 6.92 Å². The highest BCUT2D eigenvalue weighted by molar-refractivity contribution is 5.32. The van der Waals surface area contributed by atoms with Crippen LogP contribution >= 0.6 is 0 Å². The van der Waals surface area contributed by atoms with Gasteiger partial charge in [-0.1, -0.05) is 20.8 Å². The minimum Gasteiger partial charge on any atom is -0.492 e. The molecule has 1 rings (SSSR count). The summed E-state index contributed by atoms with van der Waals surface area (Å²) in [4.78, 5) is 0. The number of halogens is 1. The van der Waals surface area contributed by atoms with E-state index < -0.39 is 0 Å². The Labute approximate surface area is 103 Å². The first kappa shape index (κ1) is 14.0. The van der Waals surface area contributed by atoms with Crippen molar-refractivity contribution in [2.24, 2.45) is 5.92 Å². The third-order valence-corrected chi connectivity index (χ3v) is 2.83. The highest BCUT2D eigenvalue weighted by atomic mass is 19.1. The van der Waals surface area contributed by atoms with E-state index in [2.05, 4.69) is 26.1 Å². The van der Waals surface area contributed by atoms with Crippen LogP contribution in [0.15, 0.2) is 18.2 Å². The molecule has 0 aromatic heterocycles. The summed E-state index contributed by atoms with van der Waals surface area (Å²) >= 11 is 0. The molecule has 0 radical (unpaired) electrons. The van der Waals surface area contributed by atoms with Gasteiger partial charge in [-0.05, 0) is 43.1 Å². The molecule has 2 nitrogen and oxygen atoms in total. The fraction of sp³-hybridized carbons (Fsp3) is 0.571. The Balaban J connectivity index is 2.59. The number of benzene rings is 1. The molecule has 1 aromatic rings. The fourth-order valence-electron chi connectivity index (χ4n) is 1.70. The van der Waals surface area contributed by atoms with Crippen molar-refractivity contribution in [3.05, 3.63) is 29.6 Å². The highest BCUT2D eigenvalue weighted by Gasteiger charge is 2.13. The molecule has 17 heavy (non-hydrogen) atoms. The Kier molecular flexibility index (Phi) is 5.42. The second-order valence-electron chi connectivity index (χ2n) is 4.63. The third kappa shape index (κ3) is 4.35. The van der Waals surface area contributed by atoms with Gasteiger partial charge in [-0.15, -0.1) is 0 Å². The molecule has 1 N–H and O–H groups in total. The van der Waals surface area contributed by atoms with Crippen LogP contribution in [0.3, 0.4) is 0 Å². The predicted molar refractivity (Wildman–Crippen MR) is 68.9 cm³/mol. The minimum absolute atomic E-state index is 0.220. The Bertz CT molecular complexity index is 352. The molecule has 0 fully saturated rings. The lowest BCUT2D eigenvalue weighted by Gasteiger charge is -2.22. The molecule has 96 valence electrons. The molecule has 0 aliphatic heterocycles. The Hall–Kier alpha value is -1.09. The average molecular weight is 239 g/mol. The topological polar surface area (TPSA) is 21.3 Å². The standard InChI is InChI=1S/C14H22FNO/c1-5-16-13(10(2)3)9-17-14-7-6-12(15)8-11(14)4/h6-8,10,13,16H,5,9H2,1-4H3. The van der Waals surface area contributed by atoms with Gasteiger partial charge < -0.3 is 10.1 Å². The number of ether oxygens (including phenoxy) is 1. The van der Waals surface area contributed by atoms with Gasteiger partial charge in [0.2, 0.25) is 0 Å². The van der Waals surface area contributed by atoms with Crippen LogP contribution in [0.1, 0.15) is 26.3 Å². The normalized spacial score (nSPS) is 12.8. The number of nitrogens with one attached hydrogen (secondary N) is 1. The fourth-order valence-corrected chi connectivity index (χ4v) is 1.70. The van der Waals surface area contributed by atoms with Crippen molar-refractivity contribution in [1.29, 1.82) is 0 Å². The summed E-state index contributed by atoms with van der Waals surface area (Å²) in [5, 5.41) is 3.38. The second kappa shape index (κ2) is 6.60. The molecule has 0 aliphatic rings. The molecular weight excluding hydrogens is 217 g/mol. The maximum atomic E-state index is 12.9. The van der Waals surface area contributed by atoms with Gasteiger partial charge in [0, 0.05) is 6.04 Å². The van der Waals surface area contributed by atoms with Crippen molar-refractivity contribution < 1.29 is 9.13 Å². The SMILES string of the molecule is CCNC(COc1ccc(F)cc1C)C(C)C. The van der Waals surface area contributed by atoms with Gasteiger partial charge in [-0.25, -0.2) is 4.39 Å². The Morgan fingerprint density at radius 1 is 1.35 bits per heavy atom. The van der Waals surface area contributed by atoms with Crippen LogP contribution in [0.5, 0.6) is 5.75 Å². The lowest BCUT2D eigenvalue weighted by Crippen LogP contribution is -2.38. The monoisotopic (exact) mass is 239 g/mol. The number of hydrogen-bond acceptors (Lipinski definition) is 2. The molecule has 3 heteroatoms. The van der Waals surface area contributed by atoms with Gasteiger partial charge >= 0.3 is 0 Å². The molecule has 0 saturated heterocycles. The van der Waals surface area contributed by atoms with Gasteiger partial charge in [0.25, 0.3) is 0 Å². The van der Waals surface area contributed by atoms with E-state index in [-0.39, 0.29) is 5.82 Å². The third-order valence-electron chi connectivity index (χ3n) is 2.83. The molecule has 0 amide bonds. The average Bonchev–Trinajstić information content (AvgIpc) is 2.25. The van der Waals surface area contributed by atoms with E-state index in [0.717, 1.165) is 17.9 Å². The van der Waals surface area contributed by atoms with Crippen LogP contribution in [0.2, 0.25) is 0 Å². The lowest BCUT2D eigenvalue weighted by molar-refractivity contribution is 0.231. The summed E-state index contributed by atoms with van der Waals surface area (Å²) < 4.78 is 18.7. The number of aryl methyl sites for hydroxylation is 1. The second-order valence-corrected chi connectivity index (χ2v) is 4.63. The van der Waals surface area contributed by atoms with Gasteiger partial charge in [0.15, 0.2) is 0 Å². The van der Waals surface area contributed by atoms with E-state index >= 15 is 0 Å². The summed E-state index contributed by atoms with van der Waals surface area (Å²) in [5.41, 5.74) is 0.837. The largest absolute Gasteiger partial charge is 0.492 e. The van der Waals surface area contributed by atoms with Crippen molar-refractivity contribution >= 4 is 0 Å². The first-order chi connectivity index (χ1) is 8.04. The molecule has 0 aliphatic carbocycles. The smallest absolute Gasteiger partial charge is 0.123 e. The van der Waals surface area contributed by atoms with Crippen LogP contribution in [-0.4, -0.2) is 19.2 Å². The van der Waals surface area contributed by atoms with Gasteiger partial charge in [0.1, 0.15) is 18.2 Å². The molecule has 0 bridgehead atoms. The quantitative estimate of drug-likeness (QED) is 0.823. The summed E-state index contributed by atoms with van der Waals surface area (Å²) in [6.45, 7) is 9.80. The van der Waals surface area contributed by atoms with Crippen molar-refractivity contribution in [1.82, 2.24) is 5.32 Å². The summed E-state index contributed by atoms with van der Waals surface area (Å²) in [6.07, 6.45) is 0. The Morgan fingerprint density at radius 2 is 2.06 bits per heavy atom. The first-order valence-corrected chi connectivity index (χ1v) is 6.17. The van der Waals surface area contributed by atoms with Gasteiger partial charge in [-0.2, -0.15) is 0 Å². The maximum Gasteiger partial charge on any atom is 0.123 e. The maximum absolute atomic E-state index is 12.9. The molecule has 0 heterocycles. The van der Waals surface area contributed by atoms with Crippen LogP contribution in [0.25, 0.3) is 0 Å². The van der Waals surface area contributed by atoms with Crippen molar-refractivity contribution in [3.8, 4) is 5.75 Å². The molecule has 1 unspecified atom stereocenters. The van der Waals surface area contributed by atoms with Crippen molar-refractivity contribution in [2.75, 3.05) is 13.2 Å². The summed E-state index contributed by atoms with van der Waals surface area (Å²) in [5.74, 6) is 1.05. The van der Waals surface area contributed by atoms with E-state index in [0.29, 0.717) is 18.6 Å². The van der Waals surface area contributed by atoms with Crippen molar-refractivity contribution in [2.45, 2.75) is 33.7 Å². The zero-order valence-corrected chi connectivity index (χ0v) is 11.1. The zero-order chi connectivity index (χ0) is 12.8. The molecule has 1 atom stereocenters. The van der Waals surface area contributed by atoms with E-state index in [4.69, 9.17) is 4.74 Å². The summed E-state index contributed by atoms with van der Waals surface area (Å²) in [7, 11) is 0. The van der Waals surface area contributed by atoms with Crippen molar-refractivity contribution in [3.63, 3.8) is 0 Å². The lowest BCUT2D eigenvalue weighted by atomic mass is 10.1. The number of hydrogen-bond donors (Lipinski definition) is 1. The summed E-state index contributed by atoms with van der Waals surface area (Å²) in [6, 6.07) is 4.94. The number of rotatable bonds is 6. The van der Waals surface area contributed by atoms with E-state index in [1.54, 1.807) is 6.07 Å². The van der Waals surface area contributed by atoms with Crippen LogP contribution in [-0.2, 0) is 0 Å². The highest BCUT2D eigenvalue weighted by Crippen LogP contribution is 2.19. The van der Waals surface area contributed by atoms with E-state index in [9.17, 15) is 4.39 Å². The minimum atomic E-state index is -0.220.